The fourth-order valence-corrected chi connectivity index (χ4v) is 7.04. The Morgan fingerprint density at radius 2 is 1.64 bits per heavy atom. The van der Waals surface area contributed by atoms with Crippen LogP contribution in [-0.4, -0.2) is 5.60 Å². The van der Waals surface area contributed by atoms with Crippen molar-refractivity contribution in [1.29, 1.82) is 0 Å². The largest absolute Gasteiger partial charge is 0.750 e. The summed E-state index contributed by atoms with van der Waals surface area (Å²) in [6.07, 6.45) is 7.03. The van der Waals surface area contributed by atoms with E-state index in [1.807, 2.05) is 30.3 Å². The van der Waals surface area contributed by atoms with Gasteiger partial charge in [-0.15, -0.1) is 4.52 Å². The van der Waals surface area contributed by atoms with Crippen LogP contribution in [0.5, 0.6) is 5.75 Å². The van der Waals surface area contributed by atoms with E-state index < -0.39 is 8.25 Å². The molecule has 0 spiro atoms. The van der Waals surface area contributed by atoms with Gasteiger partial charge in [-0.3, -0.25) is 0 Å². The van der Waals surface area contributed by atoms with Crippen LogP contribution in [-0.2, 0) is 9.09 Å². The smallest absolute Gasteiger partial charge is 0.229 e. The molecule has 0 aromatic heterocycles. The molecule has 0 saturated heterocycles. The van der Waals surface area contributed by atoms with E-state index in [9.17, 15) is 4.57 Å². The maximum absolute atomic E-state index is 12.4. The maximum atomic E-state index is 12.4. The second-order valence-electron chi connectivity index (χ2n) is 8.53. The summed E-state index contributed by atoms with van der Waals surface area (Å²) in [6.45, 7) is 4.78. The van der Waals surface area contributed by atoms with Crippen molar-refractivity contribution >= 4 is 8.25 Å². The number of hydrogen-bond donors (Lipinski definition) is 0. The molecule has 0 N–H and O–H groups in total. The minimum Gasteiger partial charge on any atom is -0.229 e. The first-order chi connectivity index (χ1) is 10.4. The molecule has 22 heavy (non-hydrogen) atoms. The second-order valence-corrected chi connectivity index (χ2v) is 9.34. The quantitative estimate of drug-likeness (QED) is 0.689. The molecule has 1 aromatic rings. The van der Waals surface area contributed by atoms with E-state index in [2.05, 4.69) is 13.8 Å². The average Bonchev–Trinajstić information content (AvgIpc) is 2.34. The Hall–Kier alpha value is -0.920. The number of benzene rings is 1. The third-order valence-electron chi connectivity index (χ3n) is 5.77. The lowest BCUT2D eigenvalue weighted by atomic mass is 9.44. The Bertz CT molecular complexity index is 582. The molecular weight excluding hydrogens is 295 g/mol. The molecule has 3 nitrogen and oxygen atoms in total. The third-order valence-corrected chi connectivity index (χ3v) is 6.66. The van der Waals surface area contributed by atoms with Crippen LogP contribution in [0.1, 0.15) is 52.4 Å². The van der Waals surface area contributed by atoms with Gasteiger partial charge in [0, 0.05) is 4.57 Å². The highest BCUT2D eigenvalue weighted by Crippen LogP contribution is 2.68. The van der Waals surface area contributed by atoms with Crippen LogP contribution in [0.3, 0.4) is 0 Å². The fraction of sp³-hybridized carbons (Fsp3) is 0.667. The summed E-state index contributed by atoms with van der Waals surface area (Å²) in [5.41, 5.74) is 0.485. The monoisotopic (exact) mass is 319 g/mol. The van der Waals surface area contributed by atoms with Crippen LogP contribution in [0.2, 0.25) is 0 Å². The molecule has 3 unspecified atom stereocenters. The Balaban J connectivity index is 1.51. The first-order valence-corrected chi connectivity index (χ1v) is 9.37. The molecule has 4 saturated carbocycles. The summed E-state index contributed by atoms with van der Waals surface area (Å²) in [7, 11) is -2.11. The van der Waals surface area contributed by atoms with Gasteiger partial charge >= 0.3 is 8.25 Å². The fourth-order valence-electron chi connectivity index (χ4n) is 6.19. The zero-order chi connectivity index (χ0) is 15.4. The SMILES string of the molecule is CC12CC3CC(C)(C1)CC(O[P+](=O)Oc1ccccc1)(C3)C2. The highest BCUT2D eigenvalue weighted by atomic mass is 31.1. The molecule has 4 heteroatoms. The van der Waals surface area contributed by atoms with Gasteiger partial charge in [0.25, 0.3) is 0 Å². The predicted octanol–water partition coefficient (Wildman–Crippen LogP) is 5.49. The molecule has 0 heterocycles. The first-order valence-electron chi connectivity index (χ1n) is 8.27. The molecule has 0 amide bonds. The van der Waals surface area contributed by atoms with E-state index >= 15 is 0 Å². The van der Waals surface area contributed by atoms with Crippen LogP contribution in [0, 0.1) is 16.7 Å². The van der Waals surface area contributed by atoms with Crippen LogP contribution >= 0.6 is 8.25 Å². The molecule has 0 aliphatic heterocycles. The Morgan fingerprint density at radius 3 is 2.23 bits per heavy atom. The highest BCUT2D eigenvalue weighted by molar-refractivity contribution is 7.33. The molecule has 4 aliphatic carbocycles. The van der Waals surface area contributed by atoms with Gasteiger partial charge in [-0.1, -0.05) is 32.0 Å². The third kappa shape index (κ3) is 2.59. The first kappa shape index (κ1) is 14.7. The molecule has 1 aromatic carbocycles. The molecule has 3 atom stereocenters. The van der Waals surface area contributed by atoms with Crippen molar-refractivity contribution < 1.29 is 13.6 Å². The van der Waals surface area contributed by atoms with Crippen LogP contribution < -0.4 is 4.52 Å². The number of rotatable bonds is 4. The average molecular weight is 319 g/mol. The summed E-state index contributed by atoms with van der Waals surface area (Å²) in [4.78, 5) is 0. The molecule has 118 valence electrons. The maximum Gasteiger partial charge on any atom is 0.750 e. The zero-order valence-electron chi connectivity index (χ0n) is 13.4. The van der Waals surface area contributed by atoms with Gasteiger partial charge in [-0.05, 0) is 67.4 Å². The Morgan fingerprint density at radius 1 is 1.00 bits per heavy atom. The summed E-state index contributed by atoms with van der Waals surface area (Å²) >= 11 is 0. The zero-order valence-corrected chi connectivity index (χ0v) is 14.3. The van der Waals surface area contributed by atoms with Gasteiger partial charge in [0.05, 0.1) is 0 Å². The van der Waals surface area contributed by atoms with Crippen molar-refractivity contribution in [3.8, 4) is 5.75 Å². The molecule has 5 rings (SSSR count). The predicted molar refractivity (Wildman–Crippen MR) is 85.9 cm³/mol. The minimum atomic E-state index is -2.11. The lowest BCUT2D eigenvalue weighted by Crippen LogP contribution is -2.58. The summed E-state index contributed by atoms with van der Waals surface area (Å²) in [5.74, 6) is 1.34. The van der Waals surface area contributed by atoms with Crippen molar-refractivity contribution in [2.75, 3.05) is 0 Å². The Labute approximate surface area is 133 Å². The van der Waals surface area contributed by atoms with E-state index in [1.165, 1.54) is 19.3 Å². The van der Waals surface area contributed by atoms with E-state index in [4.69, 9.17) is 9.05 Å². The van der Waals surface area contributed by atoms with E-state index in [1.54, 1.807) is 0 Å². The standard InChI is InChI=1S/C18H24O3P/c1-16-8-14-9-17(2,11-16)13-18(10-14,12-16)21-22(19)20-15-6-4-3-5-7-15/h3-7,14H,8-13H2,1-2H3/q+1. The van der Waals surface area contributed by atoms with Gasteiger partial charge < -0.3 is 0 Å². The van der Waals surface area contributed by atoms with Gasteiger partial charge in [0.15, 0.2) is 5.75 Å². The van der Waals surface area contributed by atoms with Crippen molar-refractivity contribution in [1.82, 2.24) is 0 Å². The van der Waals surface area contributed by atoms with Crippen molar-refractivity contribution in [2.24, 2.45) is 16.7 Å². The molecule has 4 fully saturated rings. The van der Waals surface area contributed by atoms with Gasteiger partial charge in [-0.2, -0.15) is 0 Å². The van der Waals surface area contributed by atoms with Crippen molar-refractivity contribution in [3.05, 3.63) is 30.3 Å². The van der Waals surface area contributed by atoms with E-state index in [0.29, 0.717) is 16.6 Å². The summed E-state index contributed by atoms with van der Waals surface area (Å²) < 4.78 is 24.0. The summed E-state index contributed by atoms with van der Waals surface area (Å²) in [5, 5.41) is 0. The normalized spacial score (nSPS) is 43.2. The van der Waals surface area contributed by atoms with Crippen molar-refractivity contribution in [2.45, 2.75) is 58.0 Å². The van der Waals surface area contributed by atoms with Crippen LogP contribution in [0.4, 0.5) is 0 Å². The van der Waals surface area contributed by atoms with Gasteiger partial charge in [-0.25, -0.2) is 4.52 Å². The number of hydrogen-bond acceptors (Lipinski definition) is 3. The highest BCUT2D eigenvalue weighted by Gasteiger charge is 2.64. The lowest BCUT2D eigenvalue weighted by molar-refractivity contribution is -0.176. The van der Waals surface area contributed by atoms with Crippen LogP contribution in [0.15, 0.2) is 30.3 Å². The molecular formula is C18H24O3P+. The lowest BCUT2D eigenvalue weighted by Gasteiger charge is -2.62. The minimum absolute atomic E-state index is 0.231. The van der Waals surface area contributed by atoms with E-state index in [-0.39, 0.29) is 5.60 Å². The topological polar surface area (TPSA) is 35.5 Å². The summed E-state index contributed by atoms with van der Waals surface area (Å²) in [6, 6.07) is 9.32. The molecule has 4 aliphatic rings. The van der Waals surface area contributed by atoms with Gasteiger partial charge in [0.2, 0.25) is 0 Å². The molecule has 0 radical (unpaired) electrons. The number of para-hydroxylation sites is 1. The van der Waals surface area contributed by atoms with Crippen LogP contribution in [0.25, 0.3) is 0 Å². The van der Waals surface area contributed by atoms with Crippen molar-refractivity contribution in [3.63, 3.8) is 0 Å². The van der Waals surface area contributed by atoms with Gasteiger partial charge in [0.1, 0.15) is 5.60 Å². The second kappa shape index (κ2) is 4.79. The Kier molecular flexibility index (Phi) is 3.19. The van der Waals surface area contributed by atoms with E-state index in [0.717, 1.165) is 25.2 Å². The molecule has 4 bridgehead atoms.